The van der Waals surface area contributed by atoms with E-state index in [1.165, 1.54) is 29.7 Å². The fourth-order valence-corrected chi connectivity index (χ4v) is 3.41. The van der Waals surface area contributed by atoms with Crippen molar-refractivity contribution in [3.05, 3.63) is 88.9 Å². The normalized spacial score (nSPS) is 12.5. The van der Waals surface area contributed by atoms with Crippen molar-refractivity contribution in [1.29, 1.82) is 0 Å². The van der Waals surface area contributed by atoms with Crippen LogP contribution in [0.4, 0.5) is 4.39 Å². The van der Waals surface area contributed by atoms with E-state index in [0.29, 0.717) is 24.6 Å². The third-order valence-corrected chi connectivity index (χ3v) is 4.83. The number of aromatic nitrogens is 1. The van der Waals surface area contributed by atoms with Gasteiger partial charge in [0, 0.05) is 24.9 Å². The monoisotopic (exact) mass is 376 g/mol. The number of nitrogens with one attached hydrogen (secondary N) is 1. The zero-order valence-corrected chi connectivity index (χ0v) is 15.5. The Morgan fingerprint density at radius 2 is 1.89 bits per heavy atom. The predicted molar refractivity (Wildman–Crippen MR) is 105 cm³/mol. The molecule has 0 spiro atoms. The van der Waals surface area contributed by atoms with Gasteiger partial charge in [-0.3, -0.25) is 4.79 Å². The first-order valence-corrected chi connectivity index (χ1v) is 9.41. The molecule has 0 fully saturated rings. The van der Waals surface area contributed by atoms with Gasteiger partial charge >= 0.3 is 0 Å². The summed E-state index contributed by atoms with van der Waals surface area (Å²) < 4.78 is 18.7. The second kappa shape index (κ2) is 8.21. The summed E-state index contributed by atoms with van der Waals surface area (Å²) in [4.78, 5) is 16.4. The van der Waals surface area contributed by atoms with E-state index in [1.54, 1.807) is 24.4 Å². The van der Waals surface area contributed by atoms with Gasteiger partial charge in [0.2, 0.25) is 11.8 Å². The fourth-order valence-electron chi connectivity index (χ4n) is 3.41. The molecule has 0 saturated carbocycles. The lowest BCUT2D eigenvalue weighted by Gasteiger charge is -2.08. The molecule has 1 heterocycles. The number of halogens is 1. The van der Waals surface area contributed by atoms with Gasteiger partial charge in [0.05, 0.1) is 6.42 Å². The third kappa shape index (κ3) is 4.55. The largest absolute Gasteiger partial charge is 0.439 e. The van der Waals surface area contributed by atoms with Crippen molar-refractivity contribution < 1.29 is 13.9 Å². The molecule has 0 aliphatic heterocycles. The minimum absolute atomic E-state index is 0.0157. The van der Waals surface area contributed by atoms with Crippen LogP contribution in [0.25, 0.3) is 0 Å². The summed E-state index contributed by atoms with van der Waals surface area (Å²) in [6.45, 7) is 0.400. The number of carbonyl (C=O) groups excluding carboxylic acids is 1. The fraction of sp³-hybridized carbons (Fsp3) is 0.217. The number of aryl methyl sites for hydroxylation is 2. The lowest BCUT2D eigenvalue weighted by molar-refractivity contribution is -0.120. The van der Waals surface area contributed by atoms with E-state index >= 15 is 0 Å². The molecule has 1 aromatic heterocycles. The van der Waals surface area contributed by atoms with E-state index in [1.807, 2.05) is 12.1 Å². The predicted octanol–water partition coefficient (Wildman–Crippen LogP) is 4.36. The van der Waals surface area contributed by atoms with Gasteiger partial charge in [-0.05, 0) is 53.6 Å². The maximum Gasteiger partial charge on any atom is 0.224 e. The van der Waals surface area contributed by atoms with E-state index in [0.717, 1.165) is 24.0 Å². The summed E-state index contributed by atoms with van der Waals surface area (Å²) in [5.41, 5.74) is 4.71. The molecule has 4 nitrogen and oxygen atoms in total. The molecule has 3 aromatic rings. The number of rotatable bonds is 6. The molecule has 0 unspecified atom stereocenters. The minimum Gasteiger partial charge on any atom is -0.439 e. The first-order valence-electron chi connectivity index (χ1n) is 9.41. The molecule has 28 heavy (non-hydrogen) atoms. The number of hydrogen-bond acceptors (Lipinski definition) is 3. The first-order chi connectivity index (χ1) is 13.7. The van der Waals surface area contributed by atoms with E-state index in [4.69, 9.17) is 4.74 Å². The summed E-state index contributed by atoms with van der Waals surface area (Å²) >= 11 is 0. The lowest BCUT2D eigenvalue weighted by atomic mass is 10.0. The van der Waals surface area contributed by atoms with Crippen molar-refractivity contribution in [3.63, 3.8) is 0 Å². The van der Waals surface area contributed by atoms with E-state index in [-0.39, 0.29) is 11.7 Å². The van der Waals surface area contributed by atoms with Gasteiger partial charge in [0.15, 0.2) is 0 Å². The molecule has 5 heteroatoms. The van der Waals surface area contributed by atoms with Crippen LogP contribution in [0.1, 0.15) is 28.7 Å². The number of benzene rings is 2. The maximum atomic E-state index is 13.2. The quantitative estimate of drug-likeness (QED) is 0.695. The third-order valence-electron chi connectivity index (χ3n) is 4.83. The molecule has 1 amide bonds. The Morgan fingerprint density at radius 3 is 2.71 bits per heavy atom. The van der Waals surface area contributed by atoms with Crippen molar-refractivity contribution in [3.8, 4) is 11.6 Å². The molecule has 0 bridgehead atoms. The molecule has 0 radical (unpaired) electrons. The minimum atomic E-state index is -0.361. The molecule has 0 saturated heterocycles. The highest BCUT2D eigenvalue weighted by Gasteiger charge is 2.12. The number of fused-ring (bicyclic) bond motifs is 1. The summed E-state index contributed by atoms with van der Waals surface area (Å²) in [6.07, 6.45) is 5.48. The second-order valence-corrected chi connectivity index (χ2v) is 6.97. The number of carbonyl (C=O) groups is 1. The molecule has 0 atom stereocenters. The van der Waals surface area contributed by atoms with Crippen LogP contribution in [0.3, 0.4) is 0 Å². The highest BCUT2D eigenvalue weighted by atomic mass is 19.1. The Balaban J connectivity index is 1.29. The molecular formula is C23H21FN2O2. The summed E-state index contributed by atoms with van der Waals surface area (Å²) in [5.74, 6) is 0.389. The van der Waals surface area contributed by atoms with E-state index in [9.17, 15) is 9.18 Å². The molecule has 2 aromatic carbocycles. The van der Waals surface area contributed by atoms with Crippen LogP contribution in [0, 0.1) is 5.82 Å². The first kappa shape index (κ1) is 18.2. The Morgan fingerprint density at radius 1 is 1.04 bits per heavy atom. The van der Waals surface area contributed by atoms with Crippen LogP contribution in [-0.4, -0.2) is 10.9 Å². The summed E-state index contributed by atoms with van der Waals surface area (Å²) in [5, 5.41) is 2.92. The number of nitrogens with zero attached hydrogens (tertiary/aromatic N) is 1. The zero-order valence-electron chi connectivity index (χ0n) is 15.5. The smallest absolute Gasteiger partial charge is 0.224 e. The van der Waals surface area contributed by atoms with Crippen molar-refractivity contribution in [2.45, 2.75) is 32.2 Å². The van der Waals surface area contributed by atoms with Gasteiger partial charge in [-0.25, -0.2) is 9.37 Å². The van der Waals surface area contributed by atoms with Gasteiger partial charge < -0.3 is 10.1 Å². The molecule has 1 N–H and O–H groups in total. The van der Waals surface area contributed by atoms with Gasteiger partial charge in [0.25, 0.3) is 0 Å². The maximum absolute atomic E-state index is 13.2. The van der Waals surface area contributed by atoms with Gasteiger partial charge in [-0.15, -0.1) is 0 Å². The highest BCUT2D eigenvalue weighted by molar-refractivity contribution is 5.78. The van der Waals surface area contributed by atoms with Crippen molar-refractivity contribution in [2.24, 2.45) is 0 Å². The molecule has 142 valence electrons. The molecule has 1 aliphatic rings. The van der Waals surface area contributed by atoms with Crippen molar-refractivity contribution in [2.75, 3.05) is 0 Å². The van der Waals surface area contributed by atoms with E-state index < -0.39 is 0 Å². The Hall–Kier alpha value is -3.21. The Kier molecular flexibility index (Phi) is 5.33. The van der Waals surface area contributed by atoms with Gasteiger partial charge in [0.1, 0.15) is 11.6 Å². The molecule has 4 rings (SSSR count). The Labute approximate surface area is 163 Å². The second-order valence-electron chi connectivity index (χ2n) is 6.97. The number of ether oxygens (including phenoxy) is 1. The van der Waals surface area contributed by atoms with Crippen LogP contribution in [0.5, 0.6) is 11.6 Å². The number of amides is 1. The van der Waals surface area contributed by atoms with E-state index in [2.05, 4.69) is 22.4 Å². The van der Waals surface area contributed by atoms with Gasteiger partial charge in [-0.1, -0.05) is 30.3 Å². The van der Waals surface area contributed by atoms with Crippen LogP contribution in [-0.2, 0) is 30.6 Å². The van der Waals surface area contributed by atoms with Crippen LogP contribution >= 0.6 is 0 Å². The Bertz CT molecular complexity index is 986. The summed E-state index contributed by atoms with van der Waals surface area (Å²) in [6, 6.07) is 15.8. The topological polar surface area (TPSA) is 51.2 Å². The molecule has 1 aliphatic carbocycles. The highest BCUT2D eigenvalue weighted by Crippen LogP contribution is 2.23. The van der Waals surface area contributed by atoms with Crippen LogP contribution in [0.2, 0.25) is 0 Å². The average molecular weight is 376 g/mol. The zero-order chi connectivity index (χ0) is 19.3. The SMILES string of the molecule is O=C(Cc1ccc2c(c1)CCC2)NCc1ccc(Oc2cccc(F)c2)nc1. The average Bonchev–Trinajstić information content (AvgIpc) is 3.15. The summed E-state index contributed by atoms with van der Waals surface area (Å²) in [7, 11) is 0. The van der Waals surface area contributed by atoms with Crippen LogP contribution in [0.15, 0.2) is 60.8 Å². The molecular weight excluding hydrogens is 355 g/mol. The number of hydrogen-bond donors (Lipinski definition) is 1. The van der Waals surface area contributed by atoms with Crippen LogP contribution < -0.4 is 10.1 Å². The van der Waals surface area contributed by atoms with Gasteiger partial charge in [-0.2, -0.15) is 0 Å². The van der Waals surface area contributed by atoms with Crippen molar-refractivity contribution in [1.82, 2.24) is 10.3 Å². The van der Waals surface area contributed by atoms with Crippen molar-refractivity contribution >= 4 is 5.91 Å². The standard InChI is InChI=1S/C23H21FN2O2/c24-20-5-2-6-21(13-20)28-23-10-8-17(15-26-23)14-25-22(27)12-16-7-9-18-3-1-4-19(18)11-16/h2,5-11,13,15H,1,3-4,12,14H2,(H,25,27). The number of pyridine rings is 1. The lowest BCUT2D eigenvalue weighted by Crippen LogP contribution is -2.24.